The molecule has 2 saturated heterocycles. The van der Waals surface area contributed by atoms with E-state index >= 15 is 0 Å². The van der Waals surface area contributed by atoms with Gasteiger partial charge in [0.05, 0.1) is 16.1 Å². The van der Waals surface area contributed by atoms with Crippen molar-refractivity contribution in [2.75, 3.05) is 25.0 Å². The van der Waals surface area contributed by atoms with E-state index < -0.39 is 0 Å². The molecule has 1 aliphatic carbocycles. The number of β-lactam (4-membered cyclic amide) rings is 1. The SMILES string of the molecule is N#Cc1cc2c(Br)c(NC3CCCCC3)ncc2o1.O=C1NCC12CCNCC2. The summed E-state index contributed by atoms with van der Waals surface area (Å²) in [4.78, 5) is 15.5. The second-order valence-corrected chi connectivity index (χ2v) is 8.91. The molecule has 1 saturated carbocycles. The lowest BCUT2D eigenvalue weighted by molar-refractivity contribution is -0.141. The highest BCUT2D eigenvalue weighted by molar-refractivity contribution is 9.10. The summed E-state index contributed by atoms with van der Waals surface area (Å²) >= 11 is 3.56. The number of nitriles is 1. The Morgan fingerprint density at radius 3 is 2.62 bits per heavy atom. The Labute approximate surface area is 178 Å². The smallest absolute Gasteiger partial charge is 0.228 e. The lowest BCUT2D eigenvalue weighted by Gasteiger charge is -2.43. The van der Waals surface area contributed by atoms with Crippen molar-refractivity contribution in [3.63, 3.8) is 0 Å². The van der Waals surface area contributed by atoms with Gasteiger partial charge >= 0.3 is 0 Å². The molecule has 5 rings (SSSR count). The van der Waals surface area contributed by atoms with Gasteiger partial charge in [0.25, 0.3) is 0 Å². The summed E-state index contributed by atoms with van der Waals surface area (Å²) in [5.74, 6) is 1.42. The zero-order valence-electron chi connectivity index (χ0n) is 16.4. The van der Waals surface area contributed by atoms with Gasteiger partial charge in [-0.25, -0.2) is 4.98 Å². The number of nitrogens with one attached hydrogen (secondary N) is 3. The maximum absolute atomic E-state index is 11.1. The molecule has 0 unspecified atom stereocenters. The summed E-state index contributed by atoms with van der Waals surface area (Å²) in [7, 11) is 0. The number of anilines is 1. The molecule has 2 aliphatic heterocycles. The molecular weight excluding hydrogens is 434 g/mol. The molecule has 0 aromatic carbocycles. The number of hydrogen-bond acceptors (Lipinski definition) is 6. The van der Waals surface area contributed by atoms with Crippen LogP contribution in [0.15, 0.2) is 21.2 Å². The Balaban J connectivity index is 0.000000171. The van der Waals surface area contributed by atoms with Crippen LogP contribution in [0.2, 0.25) is 0 Å². The zero-order valence-corrected chi connectivity index (χ0v) is 18.0. The standard InChI is InChI=1S/C14H14BrN3O.C7H12N2O/c15-13-11-6-10(7-16)19-12(11)8-17-14(13)18-9-4-2-1-3-5-9;10-6-7(5-9-6)1-3-8-4-2-7/h6,8-9H,1-5H2,(H,17,18);8H,1-5H2,(H,9,10). The molecule has 0 radical (unpaired) electrons. The summed E-state index contributed by atoms with van der Waals surface area (Å²) in [5, 5.41) is 19.3. The number of pyridine rings is 1. The molecule has 0 atom stereocenters. The lowest BCUT2D eigenvalue weighted by atomic mass is 9.73. The first-order valence-corrected chi connectivity index (χ1v) is 11.1. The van der Waals surface area contributed by atoms with E-state index in [1.54, 1.807) is 12.3 Å². The van der Waals surface area contributed by atoms with Gasteiger partial charge in [0.2, 0.25) is 11.7 Å². The predicted molar refractivity (Wildman–Crippen MR) is 114 cm³/mol. The number of carbonyl (C=O) groups is 1. The van der Waals surface area contributed by atoms with Gasteiger partial charge in [-0.15, -0.1) is 0 Å². The summed E-state index contributed by atoms with van der Waals surface area (Å²) in [5.41, 5.74) is 0.684. The van der Waals surface area contributed by atoms with Crippen LogP contribution in [0.4, 0.5) is 5.82 Å². The number of rotatable bonds is 2. The summed E-state index contributed by atoms with van der Waals surface area (Å²) in [6, 6.07) is 4.25. The summed E-state index contributed by atoms with van der Waals surface area (Å²) in [6.45, 7) is 2.92. The van der Waals surface area contributed by atoms with E-state index in [9.17, 15) is 4.79 Å². The minimum absolute atomic E-state index is 0.0469. The number of halogens is 1. The van der Waals surface area contributed by atoms with E-state index in [-0.39, 0.29) is 11.3 Å². The molecule has 1 spiro atoms. The number of piperidine rings is 1. The van der Waals surface area contributed by atoms with Crippen molar-refractivity contribution in [1.29, 1.82) is 5.26 Å². The molecule has 8 heteroatoms. The Hall–Kier alpha value is -2.11. The van der Waals surface area contributed by atoms with E-state index in [4.69, 9.17) is 9.68 Å². The Morgan fingerprint density at radius 1 is 1.28 bits per heavy atom. The number of furan rings is 1. The minimum Gasteiger partial charge on any atom is -0.444 e. The topological polar surface area (TPSA) is 103 Å². The third-order valence-electron chi connectivity index (χ3n) is 6.20. The zero-order chi connectivity index (χ0) is 20.3. The van der Waals surface area contributed by atoms with Crippen molar-refractivity contribution in [3.8, 4) is 6.07 Å². The number of carbonyl (C=O) groups excluding carboxylic acids is 1. The van der Waals surface area contributed by atoms with Crippen molar-refractivity contribution < 1.29 is 9.21 Å². The molecule has 1 amide bonds. The molecule has 3 fully saturated rings. The van der Waals surface area contributed by atoms with Crippen LogP contribution in [0.25, 0.3) is 11.0 Å². The average molecular weight is 460 g/mol. The molecule has 3 N–H and O–H groups in total. The van der Waals surface area contributed by atoms with Gasteiger partial charge in [0.15, 0.2) is 5.58 Å². The van der Waals surface area contributed by atoms with Gasteiger partial charge in [-0.3, -0.25) is 4.79 Å². The van der Waals surface area contributed by atoms with Crippen LogP contribution in [0.5, 0.6) is 0 Å². The first-order chi connectivity index (χ1) is 14.1. The Kier molecular flexibility index (Phi) is 6.07. The van der Waals surface area contributed by atoms with Gasteiger partial charge in [0.1, 0.15) is 11.9 Å². The second-order valence-electron chi connectivity index (χ2n) is 8.11. The molecule has 4 heterocycles. The highest BCUT2D eigenvalue weighted by Crippen LogP contribution is 2.34. The van der Waals surface area contributed by atoms with Gasteiger partial charge in [-0.2, -0.15) is 5.26 Å². The summed E-state index contributed by atoms with van der Waals surface area (Å²) in [6.07, 6.45) is 10.0. The fraction of sp³-hybridized carbons (Fsp3) is 0.571. The fourth-order valence-corrected chi connectivity index (χ4v) is 4.82. The van der Waals surface area contributed by atoms with Crippen molar-refractivity contribution in [3.05, 3.63) is 22.5 Å². The first kappa shape index (κ1) is 20.2. The molecular formula is C21H26BrN5O2. The van der Waals surface area contributed by atoms with Crippen molar-refractivity contribution in [2.24, 2.45) is 5.41 Å². The molecule has 29 heavy (non-hydrogen) atoms. The average Bonchev–Trinajstić information content (AvgIpc) is 3.21. The van der Waals surface area contributed by atoms with Gasteiger partial charge in [0, 0.05) is 24.0 Å². The van der Waals surface area contributed by atoms with E-state index in [1.165, 1.54) is 32.1 Å². The third kappa shape index (κ3) is 4.26. The van der Waals surface area contributed by atoms with Crippen LogP contribution in [0.3, 0.4) is 0 Å². The van der Waals surface area contributed by atoms with Crippen molar-refractivity contribution >= 4 is 38.6 Å². The minimum atomic E-state index is 0.0469. The number of amides is 1. The lowest BCUT2D eigenvalue weighted by Crippen LogP contribution is -2.62. The van der Waals surface area contributed by atoms with Crippen LogP contribution >= 0.6 is 15.9 Å². The van der Waals surface area contributed by atoms with Crippen molar-refractivity contribution in [1.82, 2.24) is 15.6 Å². The molecule has 3 aliphatic rings. The molecule has 2 aromatic heterocycles. The highest BCUT2D eigenvalue weighted by atomic mass is 79.9. The highest BCUT2D eigenvalue weighted by Gasteiger charge is 2.46. The summed E-state index contributed by atoms with van der Waals surface area (Å²) < 4.78 is 6.24. The monoisotopic (exact) mass is 459 g/mol. The van der Waals surface area contributed by atoms with Crippen LogP contribution < -0.4 is 16.0 Å². The van der Waals surface area contributed by atoms with Crippen LogP contribution in [-0.2, 0) is 4.79 Å². The maximum Gasteiger partial charge on any atom is 0.228 e. The van der Waals surface area contributed by atoms with Crippen LogP contribution in [0, 0.1) is 16.7 Å². The molecule has 7 nitrogen and oxygen atoms in total. The van der Waals surface area contributed by atoms with E-state index in [1.807, 2.05) is 6.07 Å². The predicted octanol–water partition coefficient (Wildman–Crippen LogP) is 3.69. The van der Waals surface area contributed by atoms with E-state index in [0.717, 1.165) is 48.2 Å². The van der Waals surface area contributed by atoms with Crippen LogP contribution in [-0.4, -0.2) is 36.6 Å². The number of aromatic nitrogens is 1. The van der Waals surface area contributed by atoms with Gasteiger partial charge in [-0.1, -0.05) is 19.3 Å². The molecule has 154 valence electrons. The first-order valence-electron chi connectivity index (χ1n) is 10.3. The molecule has 2 aromatic rings. The number of hydrogen-bond donors (Lipinski definition) is 3. The third-order valence-corrected chi connectivity index (χ3v) is 7.00. The van der Waals surface area contributed by atoms with Crippen LogP contribution in [0.1, 0.15) is 50.7 Å². The van der Waals surface area contributed by atoms with Gasteiger partial charge < -0.3 is 20.4 Å². The van der Waals surface area contributed by atoms with E-state index in [2.05, 4.69) is 36.9 Å². The Morgan fingerprint density at radius 2 is 2.03 bits per heavy atom. The Bertz CT molecular complexity index is 923. The van der Waals surface area contributed by atoms with Crippen molar-refractivity contribution in [2.45, 2.75) is 51.0 Å². The normalized spacial score (nSPS) is 20.9. The second kappa shape index (κ2) is 8.72. The molecule has 0 bridgehead atoms. The van der Waals surface area contributed by atoms with E-state index in [0.29, 0.717) is 17.4 Å². The number of nitrogens with zero attached hydrogens (tertiary/aromatic N) is 2. The quantitative estimate of drug-likeness (QED) is 0.591. The maximum atomic E-state index is 11.1. The van der Waals surface area contributed by atoms with Gasteiger partial charge in [-0.05, 0) is 54.7 Å². The number of fused-ring (bicyclic) bond motifs is 1. The fourth-order valence-electron chi connectivity index (χ4n) is 4.30. The largest absolute Gasteiger partial charge is 0.444 e.